The van der Waals surface area contributed by atoms with E-state index in [0.717, 1.165) is 44.2 Å². The molecule has 0 saturated carbocycles. The van der Waals surface area contributed by atoms with E-state index in [2.05, 4.69) is 129 Å². The molecule has 3 heterocycles. The Morgan fingerprint density at radius 2 is 1.55 bits per heavy atom. The SMILES string of the molecule is Cc1ccc2c(oc3cc4ncccc4cc32)c1-c1n(-c2c(C(C)C)cccc2C(C)C)c2ccccc2[n+]1C. The summed E-state index contributed by atoms with van der Waals surface area (Å²) in [5, 5.41) is 3.36. The van der Waals surface area contributed by atoms with Gasteiger partial charge < -0.3 is 4.42 Å². The molecule has 4 nitrogen and oxygen atoms in total. The molecule has 0 N–H and O–H groups in total. The van der Waals surface area contributed by atoms with Gasteiger partial charge in [-0.25, -0.2) is 4.57 Å². The molecule has 7 rings (SSSR count). The number of rotatable bonds is 4. The highest BCUT2D eigenvalue weighted by atomic mass is 16.3. The summed E-state index contributed by atoms with van der Waals surface area (Å²) in [4.78, 5) is 4.58. The first-order chi connectivity index (χ1) is 19.3. The molecule has 3 aromatic heterocycles. The summed E-state index contributed by atoms with van der Waals surface area (Å²) in [5.74, 6) is 1.87. The van der Waals surface area contributed by atoms with Gasteiger partial charge in [-0.1, -0.05) is 76.2 Å². The van der Waals surface area contributed by atoms with E-state index in [1.54, 1.807) is 0 Å². The van der Waals surface area contributed by atoms with Gasteiger partial charge in [0.1, 0.15) is 16.8 Å². The second-order valence-corrected chi connectivity index (χ2v) is 11.6. The summed E-state index contributed by atoms with van der Waals surface area (Å²) in [7, 11) is 2.18. The lowest BCUT2D eigenvalue weighted by Gasteiger charge is -2.18. The van der Waals surface area contributed by atoms with E-state index in [1.807, 2.05) is 12.3 Å². The molecule has 0 radical (unpaired) electrons. The van der Waals surface area contributed by atoms with Gasteiger partial charge in [-0.2, -0.15) is 4.57 Å². The number of aromatic nitrogens is 3. The van der Waals surface area contributed by atoms with Gasteiger partial charge in [-0.15, -0.1) is 0 Å². The fourth-order valence-electron chi connectivity index (χ4n) is 6.37. The van der Waals surface area contributed by atoms with Crippen LogP contribution in [0.2, 0.25) is 0 Å². The maximum Gasteiger partial charge on any atom is 0.299 e. The molecular formula is C36H34N3O+. The Labute approximate surface area is 234 Å². The molecule has 0 saturated heterocycles. The van der Waals surface area contributed by atoms with Crippen molar-refractivity contribution < 1.29 is 8.98 Å². The molecule has 0 aliphatic carbocycles. The van der Waals surface area contributed by atoms with Crippen LogP contribution in [-0.4, -0.2) is 9.55 Å². The molecule has 0 fully saturated rings. The molecule has 0 amide bonds. The van der Waals surface area contributed by atoms with Crippen LogP contribution in [-0.2, 0) is 7.05 Å². The van der Waals surface area contributed by atoms with Gasteiger partial charge in [0.05, 0.1) is 12.6 Å². The average molecular weight is 525 g/mol. The molecule has 7 aromatic rings. The van der Waals surface area contributed by atoms with Crippen molar-refractivity contribution in [2.45, 2.75) is 46.5 Å². The normalized spacial score (nSPS) is 12.2. The quantitative estimate of drug-likeness (QED) is 0.215. The lowest BCUT2D eigenvalue weighted by molar-refractivity contribution is -0.633. The Balaban J connectivity index is 1.66. The summed E-state index contributed by atoms with van der Waals surface area (Å²) >= 11 is 0. The molecule has 0 bridgehead atoms. The van der Waals surface area contributed by atoms with Crippen LogP contribution in [0, 0.1) is 6.92 Å². The average Bonchev–Trinajstić information content (AvgIpc) is 3.45. The van der Waals surface area contributed by atoms with Gasteiger partial charge in [0.25, 0.3) is 5.82 Å². The van der Waals surface area contributed by atoms with E-state index in [0.29, 0.717) is 11.8 Å². The van der Waals surface area contributed by atoms with Crippen LogP contribution in [0.25, 0.3) is 61.0 Å². The molecule has 0 aliphatic rings. The number of fused-ring (bicyclic) bond motifs is 5. The Morgan fingerprint density at radius 1 is 0.800 bits per heavy atom. The highest BCUT2D eigenvalue weighted by molar-refractivity contribution is 6.13. The number of imidazole rings is 1. The molecule has 4 aromatic carbocycles. The predicted octanol–water partition coefficient (Wildman–Crippen LogP) is 9.12. The van der Waals surface area contributed by atoms with Crippen molar-refractivity contribution in [1.82, 2.24) is 9.55 Å². The topological polar surface area (TPSA) is 34.8 Å². The second kappa shape index (κ2) is 9.06. The number of hydrogen-bond donors (Lipinski definition) is 0. The van der Waals surface area contributed by atoms with Crippen LogP contribution in [0.1, 0.15) is 56.2 Å². The summed E-state index contributed by atoms with van der Waals surface area (Å²) in [6.45, 7) is 11.4. The standard InChI is InChI=1S/C36H34N3O/c1-21(2)25-12-9-13-26(22(3)4)34(25)39-31-15-8-7-14-30(31)38(6)36(39)33-23(5)16-17-27-28-19-24-11-10-18-37-29(24)20-32(28)40-35(27)33/h7-22H,1-6H3/q+1. The summed E-state index contributed by atoms with van der Waals surface area (Å²) in [6.07, 6.45) is 1.84. The van der Waals surface area contributed by atoms with Crippen molar-refractivity contribution in [3.05, 3.63) is 102 Å². The summed E-state index contributed by atoms with van der Waals surface area (Å²) in [5.41, 5.74) is 11.4. The first-order valence-corrected chi connectivity index (χ1v) is 14.2. The molecule has 198 valence electrons. The van der Waals surface area contributed by atoms with Gasteiger partial charge >= 0.3 is 0 Å². The number of nitrogens with zero attached hydrogens (tertiary/aromatic N) is 3. The Morgan fingerprint density at radius 3 is 2.30 bits per heavy atom. The third kappa shape index (κ3) is 3.52. The molecule has 0 unspecified atom stereocenters. The van der Waals surface area contributed by atoms with E-state index in [1.165, 1.54) is 33.4 Å². The second-order valence-electron chi connectivity index (χ2n) is 11.6. The lowest BCUT2D eigenvalue weighted by Crippen LogP contribution is -2.30. The van der Waals surface area contributed by atoms with Crippen LogP contribution in [0.4, 0.5) is 0 Å². The monoisotopic (exact) mass is 524 g/mol. The van der Waals surface area contributed by atoms with E-state index in [4.69, 9.17) is 4.42 Å². The summed E-state index contributed by atoms with van der Waals surface area (Å²) in [6, 6.07) is 28.3. The largest absolute Gasteiger partial charge is 0.455 e. The minimum Gasteiger partial charge on any atom is -0.455 e. The highest BCUT2D eigenvalue weighted by Crippen LogP contribution is 2.42. The van der Waals surface area contributed by atoms with Gasteiger partial charge in [-0.3, -0.25) is 4.98 Å². The van der Waals surface area contributed by atoms with Crippen molar-refractivity contribution in [1.29, 1.82) is 0 Å². The van der Waals surface area contributed by atoms with Crippen molar-refractivity contribution in [3.8, 4) is 17.1 Å². The fraction of sp³-hybridized carbons (Fsp3) is 0.222. The minimum absolute atomic E-state index is 0.371. The van der Waals surface area contributed by atoms with E-state index in [9.17, 15) is 0 Å². The third-order valence-corrected chi connectivity index (χ3v) is 8.38. The van der Waals surface area contributed by atoms with Gasteiger partial charge in [0.15, 0.2) is 16.6 Å². The van der Waals surface area contributed by atoms with Crippen molar-refractivity contribution >= 4 is 43.9 Å². The maximum absolute atomic E-state index is 6.76. The number of para-hydroxylation sites is 3. The zero-order valence-corrected chi connectivity index (χ0v) is 24.0. The smallest absolute Gasteiger partial charge is 0.299 e. The van der Waals surface area contributed by atoms with Crippen LogP contribution >= 0.6 is 0 Å². The van der Waals surface area contributed by atoms with Crippen LogP contribution in [0.3, 0.4) is 0 Å². The van der Waals surface area contributed by atoms with E-state index in [-0.39, 0.29) is 0 Å². The number of pyridine rings is 1. The summed E-state index contributed by atoms with van der Waals surface area (Å²) < 4.78 is 11.6. The van der Waals surface area contributed by atoms with Crippen LogP contribution in [0.5, 0.6) is 0 Å². The number of hydrogen-bond acceptors (Lipinski definition) is 2. The Bertz CT molecular complexity index is 2070. The maximum atomic E-state index is 6.76. The Hall–Kier alpha value is -4.44. The minimum atomic E-state index is 0.371. The molecule has 0 spiro atoms. The van der Waals surface area contributed by atoms with E-state index >= 15 is 0 Å². The first-order valence-electron chi connectivity index (χ1n) is 14.2. The first kappa shape index (κ1) is 24.6. The molecular weight excluding hydrogens is 490 g/mol. The molecule has 4 heteroatoms. The number of furan rings is 1. The van der Waals surface area contributed by atoms with E-state index < -0.39 is 0 Å². The molecule has 40 heavy (non-hydrogen) atoms. The molecule has 0 atom stereocenters. The Kier molecular flexibility index (Phi) is 5.57. The van der Waals surface area contributed by atoms with Crippen molar-refractivity contribution in [2.24, 2.45) is 7.05 Å². The van der Waals surface area contributed by atoms with Crippen molar-refractivity contribution in [3.63, 3.8) is 0 Å². The zero-order valence-electron chi connectivity index (χ0n) is 24.0. The number of benzene rings is 4. The van der Waals surface area contributed by atoms with Crippen LogP contribution in [0.15, 0.2) is 89.5 Å². The van der Waals surface area contributed by atoms with Gasteiger partial charge in [0.2, 0.25) is 0 Å². The fourth-order valence-corrected chi connectivity index (χ4v) is 6.37. The lowest BCUT2D eigenvalue weighted by atomic mass is 9.92. The van der Waals surface area contributed by atoms with Crippen molar-refractivity contribution in [2.75, 3.05) is 0 Å². The third-order valence-electron chi connectivity index (χ3n) is 8.38. The van der Waals surface area contributed by atoms with Gasteiger partial charge in [-0.05, 0) is 48.6 Å². The number of aryl methyl sites for hydroxylation is 2. The van der Waals surface area contributed by atoms with Gasteiger partial charge in [0, 0.05) is 39.5 Å². The van der Waals surface area contributed by atoms with Crippen LogP contribution < -0.4 is 4.57 Å². The zero-order chi connectivity index (χ0) is 27.7. The predicted molar refractivity (Wildman–Crippen MR) is 165 cm³/mol. The molecule has 0 aliphatic heterocycles. The highest BCUT2D eigenvalue weighted by Gasteiger charge is 2.33.